The molecule has 0 atom stereocenters. The monoisotopic (exact) mass is 326 g/mol. The molecule has 2 fully saturated rings. The molecule has 0 saturated carbocycles. The Morgan fingerprint density at radius 2 is 2.18 bits per heavy atom. The summed E-state index contributed by atoms with van der Waals surface area (Å²) in [5.41, 5.74) is -0.129. The lowest BCUT2D eigenvalue weighted by Gasteiger charge is -2.47. The number of halogens is 2. The lowest BCUT2D eigenvalue weighted by molar-refractivity contribution is -0.142. The topological polar surface area (TPSA) is 58.6 Å². The third kappa shape index (κ3) is 2.80. The number of likely N-dealkylation sites (tertiary alicyclic amines) is 1. The molecule has 1 spiro atoms. The van der Waals surface area contributed by atoms with E-state index >= 15 is 0 Å². The second-order valence-electron chi connectivity index (χ2n) is 5.83. The lowest BCUT2D eigenvalue weighted by atomic mass is 9.79. The third-order valence-corrected chi connectivity index (χ3v) is 4.50. The molecule has 0 bridgehead atoms. The maximum absolute atomic E-state index is 13.6. The molecule has 2 amide bonds. The van der Waals surface area contributed by atoms with Crippen LogP contribution in [0.4, 0.5) is 4.39 Å². The Kier molecular flexibility index (Phi) is 4.06. The van der Waals surface area contributed by atoms with Crippen molar-refractivity contribution in [2.45, 2.75) is 6.42 Å². The van der Waals surface area contributed by atoms with Gasteiger partial charge in [0.1, 0.15) is 5.82 Å². The molecule has 2 heterocycles. The number of nitrogens with zero attached hydrogens (tertiary/aromatic N) is 1. The van der Waals surface area contributed by atoms with Gasteiger partial charge in [-0.05, 0) is 18.6 Å². The molecule has 0 aromatic heterocycles. The fraction of sp³-hybridized carbons (Fsp3) is 0.467. The molecule has 3 rings (SSSR count). The fourth-order valence-corrected chi connectivity index (χ4v) is 3.16. The summed E-state index contributed by atoms with van der Waals surface area (Å²) >= 11 is 5.81. The van der Waals surface area contributed by atoms with Crippen molar-refractivity contribution in [1.82, 2.24) is 10.2 Å². The maximum Gasteiger partial charge on any atom is 0.256 e. The van der Waals surface area contributed by atoms with Crippen LogP contribution in [-0.2, 0) is 9.53 Å². The summed E-state index contributed by atoms with van der Waals surface area (Å²) in [5.74, 6) is -1.57. The minimum absolute atomic E-state index is 0.0240. The summed E-state index contributed by atoms with van der Waals surface area (Å²) in [6.45, 7) is 2.57. The number of carbonyl (C=O) groups is 2. The van der Waals surface area contributed by atoms with E-state index in [1.54, 1.807) is 4.90 Å². The quantitative estimate of drug-likeness (QED) is 0.915. The predicted molar refractivity (Wildman–Crippen MR) is 78.2 cm³/mol. The van der Waals surface area contributed by atoms with Crippen molar-refractivity contribution < 1.29 is 18.7 Å². The van der Waals surface area contributed by atoms with Crippen LogP contribution in [0.15, 0.2) is 18.2 Å². The average molecular weight is 327 g/mol. The van der Waals surface area contributed by atoms with E-state index in [-0.39, 0.29) is 28.5 Å². The first-order valence-electron chi connectivity index (χ1n) is 7.08. The van der Waals surface area contributed by atoms with Crippen LogP contribution in [0.25, 0.3) is 0 Å². The Bertz CT molecular complexity index is 589. The second kappa shape index (κ2) is 5.85. The van der Waals surface area contributed by atoms with Gasteiger partial charge in [-0.2, -0.15) is 0 Å². The van der Waals surface area contributed by atoms with E-state index in [1.165, 1.54) is 12.1 Å². The van der Waals surface area contributed by atoms with E-state index in [4.69, 9.17) is 16.3 Å². The molecule has 0 aliphatic carbocycles. The van der Waals surface area contributed by atoms with Gasteiger partial charge in [0.15, 0.2) is 0 Å². The Hall–Kier alpha value is -1.66. The van der Waals surface area contributed by atoms with E-state index in [0.717, 1.165) is 19.1 Å². The molecule has 2 saturated heterocycles. The highest BCUT2D eigenvalue weighted by atomic mass is 35.5. The van der Waals surface area contributed by atoms with Gasteiger partial charge in [-0.15, -0.1) is 0 Å². The zero-order valence-electron chi connectivity index (χ0n) is 11.9. The van der Waals surface area contributed by atoms with E-state index in [9.17, 15) is 14.0 Å². The van der Waals surface area contributed by atoms with Gasteiger partial charge in [0.25, 0.3) is 5.91 Å². The average Bonchev–Trinajstić information content (AvgIpc) is 2.92. The zero-order chi connectivity index (χ0) is 15.7. The standard InChI is InChI=1S/C15H16ClFN2O3/c16-10-2-1-3-11(17)13(10)14(21)18-6-12(20)19-7-15(8-19)4-5-22-9-15/h1-3H,4-9H2,(H,18,21). The van der Waals surface area contributed by atoms with Gasteiger partial charge in [0.05, 0.1) is 23.7 Å². The van der Waals surface area contributed by atoms with E-state index < -0.39 is 11.7 Å². The molecule has 2 aliphatic rings. The van der Waals surface area contributed by atoms with Crippen LogP contribution >= 0.6 is 11.6 Å². The van der Waals surface area contributed by atoms with Crippen molar-refractivity contribution >= 4 is 23.4 Å². The highest BCUT2D eigenvalue weighted by Crippen LogP contribution is 2.38. The second-order valence-corrected chi connectivity index (χ2v) is 6.24. The molecule has 1 aromatic rings. The molecular formula is C15H16ClFN2O3. The molecule has 1 N–H and O–H groups in total. The molecule has 0 radical (unpaired) electrons. The molecule has 1 aromatic carbocycles. The van der Waals surface area contributed by atoms with Crippen molar-refractivity contribution in [3.8, 4) is 0 Å². The van der Waals surface area contributed by atoms with Crippen molar-refractivity contribution in [1.29, 1.82) is 0 Å². The van der Waals surface area contributed by atoms with Gasteiger partial charge in [-0.1, -0.05) is 17.7 Å². The van der Waals surface area contributed by atoms with E-state index in [0.29, 0.717) is 19.7 Å². The number of hydrogen-bond acceptors (Lipinski definition) is 3. The number of carbonyl (C=O) groups excluding carboxylic acids is 2. The van der Waals surface area contributed by atoms with Crippen LogP contribution < -0.4 is 5.32 Å². The number of benzene rings is 1. The van der Waals surface area contributed by atoms with Crippen LogP contribution in [0.2, 0.25) is 5.02 Å². The van der Waals surface area contributed by atoms with Crippen molar-refractivity contribution in [2.24, 2.45) is 5.41 Å². The van der Waals surface area contributed by atoms with Crippen molar-refractivity contribution in [2.75, 3.05) is 32.8 Å². The van der Waals surface area contributed by atoms with E-state index in [1.807, 2.05) is 0 Å². The van der Waals surface area contributed by atoms with Gasteiger partial charge in [0, 0.05) is 25.1 Å². The van der Waals surface area contributed by atoms with Gasteiger partial charge >= 0.3 is 0 Å². The van der Waals surface area contributed by atoms with E-state index in [2.05, 4.69) is 5.32 Å². The summed E-state index contributed by atoms with van der Waals surface area (Å²) < 4.78 is 19.0. The van der Waals surface area contributed by atoms with Crippen LogP contribution in [0, 0.1) is 11.2 Å². The molecule has 0 unspecified atom stereocenters. The number of nitrogens with one attached hydrogen (secondary N) is 1. The first-order valence-corrected chi connectivity index (χ1v) is 7.46. The van der Waals surface area contributed by atoms with Crippen LogP contribution in [0.1, 0.15) is 16.8 Å². The molecular weight excluding hydrogens is 311 g/mol. The van der Waals surface area contributed by atoms with Gasteiger partial charge in [0.2, 0.25) is 5.91 Å². The number of rotatable bonds is 3. The Balaban J connectivity index is 1.52. The summed E-state index contributed by atoms with van der Waals surface area (Å²) in [4.78, 5) is 25.6. The highest BCUT2D eigenvalue weighted by molar-refractivity contribution is 6.33. The SMILES string of the molecule is O=C(NCC(=O)N1CC2(CCOC2)C1)c1c(F)cccc1Cl. The van der Waals surface area contributed by atoms with Gasteiger partial charge in [-0.3, -0.25) is 9.59 Å². The Morgan fingerprint density at radius 1 is 1.41 bits per heavy atom. The predicted octanol–water partition coefficient (Wildman–Crippen LogP) is 1.46. The summed E-state index contributed by atoms with van der Waals surface area (Å²) in [7, 11) is 0. The molecule has 7 heteroatoms. The van der Waals surface area contributed by atoms with Crippen LogP contribution in [-0.4, -0.2) is 49.6 Å². The Morgan fingerprint density at radius 3 is 2.82 bits per heavy atom. The lowest BCUT2D eigenvalue weighted by Crippen LogP contribution is -2.60. The molecule has 2 aliphatic heterocycles. The Labute approximate surface area is 132 Å². The van der Waals surface area contributed by atoms with Crippen molar-refractivity contribution in [3.05, 3.63) is 34.6 Å². The van der Waals surface area contributed by atoms with Crippen molar-refractivity contribution in [3.63, 3.8) is 0 Å². The van der Waals surface area contributed by atoms with Gasteiger partial charge in [-0.25, -0.2) is 4.39 Å². The first-order chi connectivity index (χ1) is 10.5. The maximum atomic E-state index is 13.6. The largest absolute Gasteiger partial charge is 0.381 e. The molecule has 22 heavy (non-hydrogen) atoms. The van der Waals surface area contributed by atoms with Crippen LogP contribution in [0.5, 0.6) is 0 Å². The highest BCUT2D eigenvalue weighted by Gasteiger charge is 2.47. The number of hydrogen-bond donors (Lipinski definition) is 1. The smallest absolute Gasteiger partial charge is 0.256 e. The normalized spacial score (nSPS) is 19.1. The van der Waals surface area contributed by atoms with Crippen LogP contribution in [0.3, 0.4) is 0 Å². The third-order valence-electron chi connectivity index (χ3n) is 4.18. The minimum Gasteiger partial charge on any atom is -0.381 e. The summed E-state index contributed by atoms with van der Waals surface area (Å²) in [6.07, 6.45) is 0.966. The number of ether oxygens (including phenoxy) is 1. The molecule has 5 nitrogen and oxygen atoms in total. The zero-order valence-corrected chi connectivity index (χ0v) is 12.7. The molecule has 118 valence electrons. The number of amides is 2. The van der Waals surface area contributed by atoms with Gasteiger partial charge < -0.3 is 15.0 Å². The summed E-state index contributed by atoms with van der Waals surface area (Å²) in [6, 6.07) is 4.01. The fourth-order valence-electron chi connectivity index (χ4n) is 2.91. The summed E-state index contributed by atoms with van der Waals surface area (Å²) in [5, 5.41) is 2.45. The minimum atomic E-state index is -0.705. The first kappa shape index (κ1) is 15.2.